The standard InChI is InChI=1S/C17H16ClNO2/c1-11-9-12-5-3-4-6-15(12)19(11)17(20)14-10-13(18)7-8-16(14)21-2/h3-8,10-11H,9H2,1-2H3. The number of carbonyl (C=O) groups is 1. The van der Waals surface area contributed by atoms with Gasteiger partial charge in [0.25, 0.3) is 5.91 Å². The molecule has 2 aromatic rings. The molecule has 1 amide bonds. The van der Waals surface area contributed by atoms with Crippen LogP contribution in [-0.2, 0) is 6.42 Å². The summed E-state index contributed by atoms with van der Waals surface area (Å²) < 4.78 is 5.30. The zero-order valence-corrected chi connectivity index (χ0v) is 12.7. The molecule has 0 radical (unpaired) electrons. The number of ether oxygens (including phenoxy) is 1. The highest BCUT2D eigenvalue weighted by Crippen LogP contribution is 2.35. The van der Waals surface area contributed by atoms with Crippen LogP contribution in [0.25, 0.3) is 0 Å². The number of rotatable bonds is 2. The summed E-state index contributed by atoms with van der Waals surface area (Å²) in [6.07, 6.45) is 0.866. The van der Waals surface area contributed by atoms with Crippen molar-refractivity contribution in [1.82, 2.24) is 0 Å². The van der Waals surface area contributed by atoms with E-state index in [-0.39, 0.29) is 11.9 Å². The van der Waals surface area contributed by atoms with Crippen molar-refractivity contribution in [3.05, 3.63) is 58.6 Å². The maximum Gasteiger partial charge on any atom is 0.262 e. The molecular formula is C17H16ClNO2. The summed E-state index contributed by atoms with van der Waals surface area (Å²) in [5.74, 6) is 0.466. The van der Waals surface area contributed by atoms with Gasteiger partial charge in [0.2, 0.25) is 0 Å². The summed E-state index contributed by atoms with van der Waals surface area (Å²) in [5, 5.41) is 0.527. The van der Waals surface area contributed by atoms with E-state index in [1.54, 1.807) is 25.3 Å². The second-order valence-corrected chi connectivity index (χ2v) is 5.64. The highest BCUT2D eigenvalue weighted by atomic mass is 35.5. The number of anilines is 1. The fourth-order valence-corrected chi connectivity index (χ4v) is 3.02. The molecule has 1 aliphatic rings. The van der Waals surface area contributed by atoms with E-state index in [1.807, 2.05) is 23.1 Å². The average molecular weight is 302 g/mol. The van der Waals surface area contributed by atoms with Crippen LogP contribution in [0.1, 0.15) is 22.8 Å². The first-order valence-electron chi connectivity index (χ1n) is 6.87. The van der Waals surface area contributed by atoms with Gasteiger partial charge in [-0.1, -0.05) is 29.8 Å². The van der Waals surface area contributed by atoms with Gasteiger partial charge in [-0.25, -0.2) is 0 Å². The Morgan fingerprint density at radius 3 is 2.81 bits per heavy atom. The normalized spacial score (nSPS) is 16.7. The predicted octanol–water partition coefficient (Wildman–Crippen LogP) is 3.94. The largest absolute Gasteiger partial charge is 0.496 e. The fourth-order valence-electron chi connectivity index (χ4n) is 2.85. The van der Waals surface area contributed by atoms with Gasteiger partial charge in [0.1, 0.15) is 5.75 Å². The summed E-state index contributed by atoms with van der Waals surface area (Å²) >= 11 is 6.03. The molecule has 1 unspecified atom stereocenters. The van der Waals surface area contributed by atoms with Crippen molar-refractivity contribution in [3.8, 4) is 5.75 Å². The van der Waals surface area contributed by atoms with Crippen LogP contribution in [0.15, 0.2) is 42.5 Å². The van der Waals surface area contributed by atoms with E-state index < -0.39 is 0 Å². The highest BCUT2D eigenvalue weighted by molar-refractivity contribution is 6.31. The Morgan fingerprint density at radius 2 is 2.05 bits per heavy atom. The molecule has 1 aliphatic heterocycles. The van der Waals surface area contributed by atoms with E-state index in [9.17, 15) is 4.79 Å². The molecule has 3 nitrogen and oxygen atoms in total. The summed E-state index contributed by atoms with van der Waals surface area (Å²) in [4.78, 5) is 14.8. The molecule has 0 aromatic heterocycles. The molecule has 108 valence electrons. The number of benzene rings is 2. The lowest BCUT2D eigenvalue weighted by molar-refractivity contribution is 0.0978. The molecule has 1 atom stereocenters. The first-order chi connectivity index (χ1) is 10.1. The minimum atomic E-state index is -0.0770. The lowest BCUT2D eigenvalue weighted by Gasteiger charge is -2.23. The van der Waals surface area contributed by atoms with Gasteiger partial charge in [-0.05, 0) is 43.2 Å². The molecule has 0 saturated heterocycles. The summed E-state index contributed by atoms with van der Waals surface area (Å²) in [5.41, 5.74) is 2.66. The van der Waals surface area contributed by atoms with E-state index in [2.05, 4.69) is 13.0 Å². The second-order valence-electron chi connectivity index (χ2n) is 5.20. The van der Waals surface area contributed by atoms with Gasteiger partial charge in [-0.2, -0.15) is 0 Å². The number of carbonyl (C=O) groups excluding carboxylic acids is 1. The van der Waals surface area contributed by atoms with Crippen molar-refractivity contribution in [3.63, 3.8) is 0 Å². The van der Waals surface area contributed by atoms with E-state index in [0.717, 1.165) is 12.1 Å². The molecule has 0 spiro atoms. The molecule has 2 aromatic carbocycles. The van der Waals surface area contributed by atoms with E-state index in [4.69, 9.17) is 16.3 Å². The summed E-state index contributed by atoms with van der Waals surface area (Å²) in [6, 6.07) is 13.2. The third kappa shape index (κ3) is 2.38. The number of hydrogen-bond donors (Lipinski definition) is 0. The van der Waals surface area contributed by atoms with Gasteiger partial charge in [0.15, 0.2) is 0 Å². The Hall–Kier alpha value is -2.00. The SMILES string of the molecule is COc1ccc(Cl)cc1C(=O)N1c2ccccc2CC1C. The van der Waals surface area contributed by atoms with Crippen molar-refractivity contribution in [2.24, 2.45) is 0 Å². The molecule has 21 heavy (non-hydrogen) atoms. The van der Waals surface area contributed by atoms with Crippen LogP contribution in [0.3, 0.4) is 0 Å². The predicted molar refractivity (Wildman–Crippen MR) is 84.4 cm³/mol. The zero-order valence-electron chi connectivity index (χ0n) is 12.0. The highest BCUT2D eigenvalue weighted by Gasteiger charge is 2.32. The minimum absolute atomic E-state index is 0.0770. The van der Waals surface area contributed by atoms with Crippen LogP contribution in [0, 0.1) is 0 Å². The zero-order chi connectivity index (χ0) is 15.0. The molecule has 0 saturated carbocycles. The summed E-state index contributed by atoms with van der Waals surface area (Å²) in [7, 11) is 1.56. The Balaban J connectivity index is 2.05. The van der Waals surface area contributed by atoms with Crippen molar-refractivity contribution in [2.45, 2.75) is 19.4 Å². The lowest BCUT2D eigenvalue weighted by atomic mass is 10.1. The molecule has 0 bridgehead atoms. The Morgan fingerprint density at radius 1 is 1.29 bits per heavy atom. The number of methoxy groups -OCH3 is 1. The van der Waals surface area contributed by atoms with Crippen molar-refractivity contribution < 1.29 is 9.53 Å². The number of para-hydroxylation sites is 1. The number of amides is 1. The van der Waals surface area contributed by atoms with Crippen LogP contribution in [0.4, 0.5) is 5.69 Å². The molecule has 0 aliphatic carbocycles. The van der Waals surface area contributed by atoms with Crippen LogP contribution in [-0.4, -0.2) is 19.1 Å². The molecule has 3 rings (SSSR count). The number of fused-ring (bicyclic) bond motifs is 1. The Labute approximate surface area is 129 Å². The average Bonchev–Trinajstić information content (AvgIpc) is 2.82. The van der Waals surface area contributed by atoms with Crippen LogP contribution in [0.2, 0.25) is 5.02 Å². The third-order valence-corrected chi connectivity index (χ3v) is 4.05. The van der Waals surface area contributed by atoms with Gasteiger partial charge in [-0.3, -0.25) is 4.79 Å². The topological polar surface area (TPSA) is 29.5 Å². The van der Waals surface area contributed by atoms with Gasteiger partial charge in [-0.15, -0.1) is 0 Å². The third-order valence-electron chi connectivity index (χ3n) is 3.82. The monoisotopic (exact) mass is 301 g/mol. The maximum atomic E-state index is 12.9. The number of halogens is 1. The second kappa shape index (κ2) is 5.41. The Kier molecular flexibility index (Phi) is 3.60. The molecule has 0 fully saturated rings. The maximum absolute atomic E-state index is 12.9. The van der Waals surface area contributed by atoms with Crippen LogP contribution < -0.4 is 9.64 Å². The van der Waals surface area contributed by atoms with Crippen molar-refractivity contribution >= 4 is 23.2 Å². The van der Waals surface area contributed by atoms with Gasteiger partial charge >= 0.3 is 0 Å². The van der Waals surface area contributed by atoms with Gasteiger partial charge in [0, 0.05) is 16.8 Å². The van der Waals surface area contributed by atoms with E-state index in [1.165, 1.54) is 5.56 Å². The van der Waals surface area contributed by atoms with Gasteiger partial charge in [0.05, 0.1) is 12.7 Å². The lowest BCUT2D eigenvalue weighted by Crippen LogP contribution is -2.35. The molecule has 1 heterocycles. The number of hydrogen-bond acceptors (Lipinski definition) is 2. The van der Waals surface area contributed by atoms with Crippen molar-refractivity contribution in [1.29, 1.82) is 0 Å². The van der Waals surface area contributed by atoms with Gasteiger partial charge < -0.3 is 9.64 Å². The fraction of sp³-hybridized carbons (Fsp3) is 0.235. The van der Waals surface area contributed by atoms with E-state index >= 15 is 0 Å². The van der Waals surface area contributed by atoms with Crippen LogP contribution in [0.5, 0.6) is 5.75 Å². The quantitative estimate of drug-likeness (QED) is 0.841. The first kappa shape index (κ1) is 14.0. The van der Waals surface area contributed by atoms with E-state index in [0.29, 0.717) is 16.3 Å². The Bertz CT molecular complexity index is 699. The first-order valence-corrected chi connectivity index (χ1v) is 7.24. The molecular weight excluding hydrogens is 286 g/mol. The minimum Gasteiger partial charge on any atom is -0.496 e. The summed E-state index contributed by atoms with van der Waals surface area (Å²) in [6.45, 7) is 2.05. The molecule has 0 N–H and O–H groups in total. The van der Waals surface area contributed by atoms with Crippen LogP contribution >= 0.6 is 11.6 Å². The smallest absolute Gasteiger partial charge is 0.262 e. The van der Waals surface area contributed by atoms with Crippen molar-refractivity contribution in [2.75, 3.05) is 12.0 Å². The molecule has 4 heteroatoms. The number of nitrogens with zero attached hydrogens (tertiary/aromatic N) is 1.